The number of aromatic nitrogens is 3. The molecule has 0 atom stereocenters. The molecule has 140 valence electrons. The van der Waals surface area contributed by atoms with Gasteiger partial charge in [-0.05, 0) is 40.1 Å². The van der Waals surface area contributed by atoms with Gasteiger partial charge in [-0.1, -0.05) is 48.5 Å². The molecule has 2 aromatic heterocycles. The van der Waals surface area contributed by atoms with Gasteiger partial charge in [0.25, 0.3) is 5.56 Å². The van der Waals surface area contributed by atoms with Crippen LogP contribution in [0.4, 0.5) is 4.39 Å². The molecule has 4 nitrogen and oxygen atoms in total. The van der Waals surface area contributed by atoms with E-state index in [9.17, 15) is 9.18 Å². The molecule has 0 bridgehead atoms. The lowest BCUT2D eigenvalue weighted by Gasteiger charge is -2.10. The first-order valence-electron chi connectivity index (χ1n) is 9.26. The summed E-state index contributed by atoms with van der Waals surface area (Å²) in [6.45, 7) is 0.119. The molecule has 5 aromatic rings. The number of pyridine rings is 1. The van der Waals surface area contributed by atoms with Gasteiger partial charge in [0.05, 0.1) is 30.0 Å². The highest BCUT2D eigenvalue weighted by molar-refractivity contribution is 5.87. The number of benzene rings is 3. The van der Waals surface area contributed by atoms with Crippen LogP contribution >= 0.6 is 0 Å². The van der Waals surface area contributed by atoms with Crippen molar-refractivity contribution in [3.63, 3.8) is 0 Å². The van der Waals surface area contributed by atoms with Gasteiger partial charge in [0.2, 0.25) is 0 Å². The van der Waals surface area contributed by atoms with Crippen LogP contribution in [0.15, 0.2) is 90.2 Å². The summed E-state index contributed by atoms with van der Waals surface area (Å²) >= 11 is 0. The van der Waals surface area contributed by atoms with Gasteiger partial charge >= 0.3 is 0 Å². The Hall–Kier alpha value is -3.86. The molecule has 0 radical (unpaired) electrons. The molecule has 0 amide bonds. The van der Waals surface area contributed by atoms with E-state index in [2.05, 4.69) is 16.0 Å². The number of fused-ring (bicyclic) bond motifs is 2. The second kappa shape index (κ2) is 6.95. The number of hydrogen-bond donors (Lipinski definition) is 0. The van der Waals surface area contributed by atoms with Crippen LogP contribution in [-0.4, -0.2) is 14.5 Å². The van der Waals surface area contributed by atoms with E-state index in [1.54, 1.807) is 24.5 Å². The minimum Gasteiger partial charge on any atom is -0.294 e. The van der Waals surface area contributed by atoms with Crippen molar-refractivity contribution in [2.75, 3.05) is 0 Å². The van der Waals surface area contributed by atoms with Gasteiger partial charge in [0, 0.05) is 11.8 Å². The van der Waals surface area contributed by atoms with Crippen LogP contribution < -0.4 is 5.56 Å². The van der Waals surface area contributed by atoms with Gasteiger partial charge in [-0.2, -0.15) is 0 Å². The zero-order chi connectivity index (χ0) is 19.8. The SMILES string of the molecule is O=c1c2ccncc2ncn1Cc1ccc(-c2ccc3ccccc3c2)cc1F. The third-order valence-corrected chi connectivity index (χ3v) is 5.10. The summed E-state index contributed by atoms with van der Waals surface area (Å²) in [4.78, 5) is 20.8. The minimum absolute atomic E-state index is 0.119. The zero-order valence-corrected chi connectivity index (χ0v) is 15.4. The predicted octanol–water partition coefficient (Wildman–Crippen LogP) is 4.80. The van der Waals surface area contributed by atoms with Gasteiger partial charge < -0.3 is 0 Å². The fourth-order valence-electron chi connectivity index (χ4n) is 3.53. The first-order valence-corrected chi connectivity index (χ1v) is 9.26. The average Bonchev–Trinajstić information content (AvgIpc) is 2.76. The van der Waals surface area contributed by atoms with Gasteiger partial charge in [0.15, 0.2) is 0 Å². The Balaban J connectivity index is 1.50. The highest BCUT2D eigenvalue weighted by Gasteiger charge is 2.09. The van der Waals surface area contributed by atoms with Crippen LogP contribution in [0.2, 0.25) is 0 Å². The molecular formula is C24H16FN3O. The Kier molecular flexibility index (Phi) is 4.13. The molecule has 29 heavy (non-hydrogen) atoms. The maximum absolute atomic E-state index is 14.8. The zero-order valence-electron chi connectivity index (χ0n) is 15.4. The van der Waals surface area contributed by atoms with Gasteiger partial charge in [0.1, 0.15) is 5.82 Å². The number of hydrogen-bond acceptors (Lipinski definition) is 3. The molecule has 3 aromatic carbocycles. The summed E-state index contributed by atoms with van der Waals surface area (Å²) in [6, 6.07) is 20.9. The molecule has 0 aliphatic carbocycles. The Morgan fingerprint density at radius 1 is 0.897 bits per heavy atom. The standard InChI is InChI=1S/C24H16FN3O/c25-22-12-19(18-6-5-16-3-1-2-4-17(16)11-18)7-8-20(22)14-28-15-27-23-13-26-10-9-21(23)24(28)29/h1-13,15H,14H2. The number of halogens is 1. The maximum atomic E-state index is 14.8. The molecular weight excluding hydrogens is 365 g/mol. The van der Waals surface area contributed by atoms with Gasteiger partial charge in [-0.3, -0.25) is 14.3 Å². The molecule has 0 aliphatic heterocycles. The number of nitrogens with zero attached hydrogens (tertiary/aromatic N) is 3. The summed E-state index contributed by atoms with van der Waals surface area (Å²) < 4.78 is 16.2. The van der Waals surface area contributed by atoms with Crippen molar-refractivity contribution in [1.82, 2.24) is 14.5 Å². The van der Waals surface area contributed by atoms with Crippen LogP contribution in [0.25, 0.3) is 32.8 Å². The lowest BCUT2D eigenvalue weighted by Crippen LogP contribution is -2.21. The van der Waals surface area contributed by atoms with Crippen molar-refractivity contribution >= 4 is 21.7 Å². The normalized spacial score (nSPS) is 11.2. The van der Waals surface area contributed by atoms with E-state index in [1.165, 1.54) is 17.0 Å². The average molecular weight is 381 g/mol. The van der Waals surface area contributed by atoms with Crippen molar-refractivity contribution in [2.45, 2.75) is 6.54 Å². The Morgan fingerprint density at radius 3 is 2.55 bits per heavy atom. The topological polar surface area (TPSA) is 47.8 Å². The fraction of sp³-hybridized carbons (Fsp3) is 0.0417. The van der Waals surface area contributed by atoms with E-state index < -0.39 is 0 Å². The molecule has 0 unspecified atom stereocenters. The van der Waals surface area contributed by atoms with Crippen LogP contribution in [0.5, 0.6) is 0 Å². The minimum atomic E-state index is -0.350. The molecule has 0 N–H and O–H groups in total. The van der Waals surface area contributed by atoms with E-state index in [1.807, 2.05) is 42.5 Å². The van der Waals surface area contributed by atoms with Crippen molar-refractivity contribution in [2.24, 2.45) is 0 Å². The first kappa shape index (κ1) is 17.3. The molecule has 0 saturated carbocycles. The third-order valence-electron chi connectivity index (χ3n) is 5.10. The highest BCUT2D eigenvalue weighted by Crippen LogP contribution is 2.26. The molecule has 5 rings (SSSR count). The molecule has 2 heterocycles. The summed E-state index contributed by atoms with van der Waals surface area (Å²) in [5, 5.41) is 2.72. The van der Waals surface area contributed by atoms with Crippen LogP contribution in [0.1, 0.15) is 5.56 Å². The largest absolute Gasteiger partial charge is 0.294 e. The van der Waals surface area contributed by atoms with E-state index >= 15 is 0 Å². The fourth-order valence-corrected chi connectivity index (χ4v) is 3.53. The van der Waals surface area contributed by atoms with Crippen molar-refractivity contribution < 1.29 is 4.39 Å². The second-order valence-corrected chi connectivity index (χ2v) is 6.94. The quantitative estimate of drug-likeness (QED) is 0.451. The van der Waals surface area contributed by atoms with Crippen LogP contribution in [0, 0.1) is 5.82 Å². The first-order chi connectivity index (χ1) is 14.2. The monoisotopic (exact) mass is 381 g/mol. The molecule has 0 fully saturated rings. The Labute approximate surface area is 165 Å². The van der Waals surface area contributed by atoms with Crippen molar-refractivity contribution in [3.8, 4) is 11.1 Å². The van der Waals surface area contributed by atoms with E-state index in [0.29, 0.717) is 16.5 Å². The molecule has 5 heteroatoms. The Bertz CT molecular complexity index is 1430. The van der Waals surface area contributed by atoms with E-state index in [0.717, 1.165) is 21.9 Å². The maximum Gasteiger partial charge on any atom is 0.261 e. The second-order valence-electron chi connectivity index (χ2n) is 6.94. The van der Waals surface area contributed by atoms with Crippen LogP contribution in [-0.2, 0) is 6.54 Å². The van der Waals surface area contributed by atoms with Gasteiger partial charge in [-0.15, -0.1) is 0 Å². The third kappa shape index (κ3) is 3.17. The lowest BCUT2D eigenvalue weighted by atomic mass is 10.00. The van der Waals surface area contributed by atoms with Crippen LogP contribution in [0.3, 0.4) is 0 Å². The van der Waals surface area contributed by atoms with Gasteiger partial charge in [-0.25, -0.2) is 9.37 Å². The smallest absolute Gasteiger partial charge is 0.261 e. The summed E-state index contributed by atoms with van der Waals surface area (Å²) in [5.74, 6) is -0.350. The van der Waals surface area contributed by atoms with Crippen molar-refractivity contribution in [3.05, 3.63) is 107 Å². The summed E-state index contributed by atoms with van der Waals surface area (Å²) in [7, 11) is 0. The predicted molar refractivity (Wildman–Crippen MR) is 112 cm³/mol. The number of rotatable bonds is 3. The Morgan fingerprint density at radius 2 is 1.69 bits per heavy atom. The van der Waals surface area contributed by atoms with Crippen molar-refractivity contribution in [1.29, 1.82) is 0 Å². The molecule has 0 spiro atoms. The highest BCUT2D eigenvalue weighted by atomic mass is 19.1. The summed E-state index contributed by atoms with van der Waals surface area (Å²) in [6.07, 6.45) is 4.53. The molecule has 0 aliphatic rings. The van der Waals surface area contributed by atoms with E-state index in [4.69, 9.17) is 0 Å². The van der Waals surface area contributed by atoms with E-state index in [-0.39, 0.29) is 17.9 Å². The molecule has 0 saturated heterocycles. The lowest BCUT2D eigenvalue weighted by molar-refractivity contribution is 0.596. The summed E-state index contributed by atoms with van der Waals surface area (Å²) in [5.41, 5.74) is 2.50.